The van der Waals surface area contributed by atoms with E-state index in [1.54, 1.807) is 11.8 Å². The Morgan fingerprint density at radius 2 is 2.21 bits per heavy atom. The smallest absolute Gasteiger partial charge is 0.231 e. The molecule has 14 heavy (non-hydrogen) atoms. The van der Waals surface area contributed by atoms with E-state index in [0.717, 1.165) is 0 Å². The minimum Gasteiger partial charge on any atom is -0.391 e. The van der Waals surface area contributed by atoms with E-state index >= 15 is 0 Å². The van der Waals surface area contributed by atoms with Gasteiger partial charge >= 0.3 is 0 Å². The third-order valence-corrected chi connectivity index (χ3v) is 3.44. The van der Waals surface area contributed by atoms with Gasteiger partial charge in [-0.15, -0.1) is 0 Å². The summed E-state index contributed by atoms with van der Waals surface area (Å²) in [5.74, 6) is -0.131. The molecule has 2 rings (SSSR count). The lowest BCUT2D eigenvalue weighted by molar-refractivity contribution is -0.137. The molecule has 4 atom stereocenters. The van der Waals surface area contributed by atoms with Gasteiger partial charge in [-0.3, -0.25) is 4.79 Å². The first-order valence-corrected chi connectivity index (χ1v) is 5.08. The van der Waals surface area contributed by atoms with E-state index in [1.807, 2.05) is 6.92 Å². The Labute approximate surface area is 82.9 Å². The van der Waals surface area contributed by atoms with Crippen LogP contribution in [-0.4, -0.2) is 40.8 Å². The van der Waals surface area contributed by atoms with Crippen LogP contribution < -0.4 is 0 Å². The van der Waals surface area contributed by atoms with E-state index in [-0.39, 0.29) is 11.9 Å². The molecule has 2 fully saturated rings. The Kier molecular flexibility index (Phi) is 2.07. The quantitative estimate of drug-likeness (QED) is 0.679. The third kappa shape index (κ3) is 1.32. The lowest BCUT2D eigenvalue weighted by Crippen LogP contribution is -2.39. The summed E-state index contributed by atoms with van der Waals surface area (Å²) in [7, 11) is 0. The number of aliphatic hydroxyl groups excluding tert-OH is 1. The van der Waals surface area contributed by atoms with E-state index in [2.05, 4.69) is 0 Å². The monoisotopic (exact) mass is 201 g/mol. The number of hydrogen-bond acceptors (Lipinski definition) is 2. The second-order valence-electron chi connectivity index (χ2n) is 4.79. The van der Waals surface area contributed by atoms with Crippen molar-refractivity contribution in [3.8, 4) is 0 Å². The molecule has 0 radical (unpaired) electrons. The molecule has 1 N–H and O–H groups in total. The van der Waals surface area contributed by atoms with Gasteiger partial charge in [-0.2, -0.15) is 0 Å². The van der Waals surface area contributed by atoms with Gasteiger partial charge in [-0.1, -0.05) is 0 Å². The molecule has 80 valence electrons. The fourth-order valence-corrected chi connectivity index (χ4v) is 2.15. The molecule has 1 amide bonds. The standard InChI is InChI=1S/C10H16FNO2/c1-6-3-7(13)5-12(6)9(14)10(2)4-8(10)11/h6-8,13H,3-5H2,1-2H3. The summed E-state index contributed by atoms with van der Waals surface area (Å²) < 4.78 is 13.0. The normalized spacial score (nSPS) is 46.9. The van der Waals surface area contributed by atoms with Crippen molar-refractivity contribution < 1.29 is 14.3 Å². The van der Waals surface area contributed by atoms with Crippen LogP contribution in [0.25, 0.3) is 0 Å². The molecule has 4 heteroatoms. The molecule has 4 unspecified atom stereocenters. The Balaban J connectivity index is 2.06. The van der Waals surface area contributed by atoms with Crippen LogP contribution in [0, 0.1) is 5.41 Å². The lowest BCUT2D eigenvalue weighted by atomic mass is 10.1. The molecule has 2 aliphatic rings. The minimum absolute atomic E-state index is 0.0436. The highest BCUT2D eigenvalue weighted by Gasteiger charge is 2.59. The molecular formula is C10H16FNO2. The van der Waals surface area contributed by atoms with E-state index in [4.69, 9.17) is 0 Å². The molecule has 0 aromatic carbocycles. The number of halogens is 1. The number of nitrogens with zero attached hydrogens (tertiary/aromatic N) is 1. The summed E-state index contributed by atoms with van der Waals surface area (Å²) >= 11 is 0. The van der Waals surface area contributed by atoms with Gasteiger partial charge < -0.3 is 10.0 Å². The number of aliphatic hydroxyl groups is 1. The molecule has 0 bridgehead atoms. The predicted molar refractivity (Wildman–Crippen MR) is 49.4 cm³/mol. The number of amides is 1. The van der Waals surface area contributed by atoms with Gasteiger partial charge in [0.2, 0.25) is 5.91 Å². The molecule has 0 aromatic rings. The summed E-state index contributed by atoms with van der Waals surface area (Å²) in [5, 5.41) is 9.38. The van der Waals surface area contributed by atoms with Crippen LogP contribution in [0.3, 0.4) is 0 Å². The fraction of sp³-hybridized carbons (Fsp3) is 0.900. The van der Waals surface area contributed by atoms with Crippen molar-refractivity contribution in [2.24, 2.45) is 5.41 Å². The summed E-state index contributed by atoms with van der Waals surface area (Å²) in [6.07, 6.45) is -0.474. The van der Waals surface area contributed by atoms with Crippen molar-refractivity contribution in [2.45, 2.75) is 45.0 Å². The van der Waals surface area contributed by atoms with Gasteiger partial charge in [0.15, 0.2) is 0 Å². The molecule has 3 nitrogen and oxygen atoms in total. The van der Waals surface area contributed by atoms with Crippen molar-refractivity contribution in [2.75, 3.05) is 6.54 Å². The molecule has 1 aliphatic carbocycles. The number of likely N-dealkylation sites (tertiary alicyclic amines) is 1. The molecule has 1 saturated heterocycles. The van der Waals surface area contributed by atoms with Crippen LogP contribution in [0.5, 0.6) is 0 Å². The Bertz CT molecular complexity index is 271. The largest absolute Gasteiger partial charge is 0.391 e. The maximum Gasteiger partial charge on any atom is 0.231 e. The Morgan fingerprint density at radius 3 is 2.57 bits per heavy atom. The number of β-amino-alcohol motifs (C(OH)–C–C–N with tert-alkyl or cyclic N) is 1. The Morgan fingerprint density at radius 1 is 1.64 bits per heavy atom. The van der Waals surface area contributed by atoms with Crippen molar-refractivity contribution >= 4 is 5.91 Å². The number of hydrogen-bond donors (Lipinski definition) is 1. The maximum atomic E-state index is 13.0. The summed E-state index contributed by atoms with van der Waals surface area (Å²) in [6.45, 7) is 3.92. The van der Waals surface area contributed by atoms with Gasteiger partial charge in [-0.25, -0.2) is 4.39 Å². The average Bonchev–Trinajstić information content (AvgIpc) is 2.54. The van der Waals surface area contributed by atoms with Crippen LogP contribution in [0.2, 0.25) is 0 Å². The maximum absolute atomic E-state index is 13.0. The van der Waals surface area contributed by atoms with E-state index in [1.165, 1.54) is 0 Å². The van der Waals surface area contributed by atoms with Gasteiger partial charge in [0.25, 0.3) is 0 Å². The zero-order valence-corrected chi connectivity index (χ0v) is 8.53. The van der Waals surface area contributed by atoms with Crippen molar-refractivity contribution in [3.05, 3.63) is 0 Å². The lowest BCUT2D eigenvalue weighted by Gasteiger charge is -2.24. The minimum atomic E-state index is -0.986. The number of rotatable bonds is 1. The Hall–Kier alpha value is -0.640. The zero-order chi connectivity index (χ0) is 10.5. The molecule has 1 aliphatic heterocycles. The SMILES string of the molecule is CC1CC(O)CN1C(=O)C1(C)CC1F. The second kappa shape index (κ2) is 2.92. The third-order valence-electron chi connectivity index (χ3n) is 3.44. The summed E-state index contributed by atoms with van der Waals surface area (Å²) in [5.41, 5.74) is -0.793. The van der Waals surface area contributed by atoms with Crippen LogP contribution in [0.1, 0.15) is 26.7 Å². The highest BCUT2D eigenvalue weighted by molar-refractivity contribution is 5.86. The van der Waals surface area contributed by atoms with Gasteiger partial charge in [0.05, 0.1) is 11.5 Å². The highest BCUT2D eigenvalue weighted by Crippen LogP contribution is 2.50. The van der Waals surface area contributed by atoms with Crippen molar-refractivity contribution in [1.82, 2.24) is 4.90 Å². The number of alkyl halides is 1. The van der Waals surface area contributed by atoms with Gasteiger partial charge in [-0.05, 0) is 26.7 Å². The second-order valence-corrected chi connectivity index (χ2v) is 4.79. The van der Waals surface area contributed by atoms with E-state index < -0.39 is 17.7 Å². The molecule has 1 saturated carbocycles. The zero-order valence-electron chi connectivity index (χ0n) is 8.53. The van der Waals surface area contributed by atoms with Crippen molar-refractivity contribution in [1.29, 1.82) is 0 Å². The van der Waals surface area contributed by atoms with Crippen LogP contribution >= 0.6 is 0 Å². The molecular weight excluding hydrogens is 185 g/mol. The molecule has 0 spiro atoms. The average molecular weight is 201 g/mol. The summed E-state index contributed by atoms with van der Waals surface area (Å²) in [6, 6.07) is 0.0436. The van der Waals surface area contributed by atoms with Crippen molar-refractivity contribution in [3.63, 3.8) is 0 Å². The summed E-state index contributed by atoms with van der Waals surface area (Å²) in [4.78, 5) is 13.5. The number of carbonyl (C=O) groups is 1. The van der Waals surface area contributed by atoms with Gasteiger partial charge in [0, 0.05) is 12.6 Å². The van der Waals surface area contributed by atoms with E-state index in [9.17, 15) is 14.3 Å². The first-order valence-electron chi connectivity index (χ1n) is 5.08. The number of carbonyl (C=O) groups excluding carboxylic acids is 1. The molecule has 1 heterocycles. The fourth-order valence-electron chi connectivity index (χ4n) is 2.15. The predicted octanol–water partition coefficient (Wildman–Crippen LogP) is 0.716. The van der Waals surface area contributed by atoms with Crippen LogP contribution in [0.4, 0.5) is 4.39 Å². The van der Waals surface area contributed by atoms with Crippen LogP contribution in [0.15, 0.2) is 0 Å². The topological polar surface area (TPSA) is 40.5 Å². The van der Waals surface area contributed by atoms with E-state index in [0.29, 0.717) is 19.4 Å². The van der Waals surface area contributed by atoms with Crippen LogP contribution in [-0.2, 0) is 4.79 Å². The highest BCUT2D eigenvalue weighted by atomic mass is 19.1. The van der Waals surface area contributed by atoms with Gasteiger partial charge in [0.1, 0.15) is 6.17 Å². The molecule has 0 aromatic heterocycles. The first-order chi connectivity index (χ1) is 6.45. The first kappa shape index (κ1) is 9.90.